The van der Waals surface area contributed by atoms with E-state index in [1.54, 1.807) is 4.90 Å². The Morgan fingerprint density at radius 2 is 2.06 bits per heavy atom. The molecule has 1 aliphatic rings. The molecule has 0 radical (unpaired) electrons. The fraction of sp³-hybridized carbons (Fsp3) is 0.615. The minimum absolute atomic E-state index is 0.206. The highest BCUT2D eigenvalue weighted by molar-refractivity contribution is 5.69. The number of carbonyl (C=O) groups is 1. The molecule has 4 heteroatoms. The van der Waals surface area contributed by atoms with Gasteiger partial charge in [-0.15, -0.1) is 0 Å². The van der Waals surface area contributed by atoms with E-state index in [0.717, 1.165) is 13.1 Å². The van der Waals surface area contributed by atoms with E-state index in [1.807, 2.05) is 40.1 Å². The number of rotatable bonds is 1. The fourth-order valence-corrected chi connectivity index (χ4v) is 2.04. The van der Waals surface area contributed by atoms with Crippen LogP contribution in [0.25, 0.3) is 0 Å². The molecule has 1 fully saturated rings. The Labute approximate surface area is 102 Å². The lowest BCUT2D eigenvalue weighted by Crippen LogP contribution is -2.50. The predicted octanol–water partition coefficient (Wildman–Crippen LogP) is 2.36. The van der Waals surface area contributed by atoms with Gasteiger partial charge in [-0.3, -0.25) is 0 Å². The molecular formula is C13H20N2O2. The van der Waals surface area contributed by atoms with Gasteiger partial charge >= 0.3 is 6.09 Å². The molecule has 4 nitrogen and oxygen atoms in total. The van der Waals surface area contributed by atoms with Crippen LogP contribution in [-0.2, 0) is 11.8 Å². The summed E-state index contributed by atoms with van der Waals surface area (Å²) >= 11 is 0. The summed E-state index contributed by atoms with van der Waals surface area (Å²) in [6.45, 7) is 7.18. The maximum atomic E-state index is 11.7. The quantitative estimate of drug-likeness (QED) is 0.750. The van der Waals surface area contributed by atoms with Crippen LogP contribution >= 0.6 is 0 Å². The standard InChI is InChI=1S/C13H20N2O2/c1-13(2,3)17-12(16)15-8-10(9-15)11-6-5-7-14(11)4/h5-7,10H,8-9H2,1-4H3. The van der Waals surface area contributed by atoms with Crippen LogP contribution in [0.4, 0.5) is 4.79 Å². The van der Waals surface area contributed by atoms with E-state index >= 15 is 0 Å². The Bertz CT molecular complexity index is 411. The van der Waals surface area contributed by atoms with Crippen molar-refractivity contribution < 1.29 is 9.53 Å². The molecule has 0 unspecified atom stereocenters. The highest BCUT2D eigenvalue weighted by Crippen LogP contribution is 2.28. The van der Waals surface area contributed by atoms with Gasteiger partial charge in [0.2, 0.25) is 0 Å². The predicted molar refractivity (Wildman–Crippen MR) is 66.0 cm³/mol. The Balaban J connectivity index is 1.87. The van der Waals surface area contributed by atoms with E-state index in [2.05, 4.69) is 10.6 Å². The molecule has 2 rings (SSSR count). The maximum Gasteiger partial charge on any atom is 0.410 e. The number of amides is 1. The second kappa shape index (κ2) is 4.09. The van der Waals surface area contributed by atoms with Gasteiger partial charge in [0.05, 0.1) is 0 Å². The highest BCUT2D eigenvalue weighted by atomic mass is 16.6. The van der Waals surface area contributed by atoms with Crippen LogP contribution in [0.5, 0.6) is 0 Å². The number of hydrogen-bond acceptors (Lipinski definition) is 2. The van der Waals surface area contributed by atoms with Crippen LogP contribution < -0.4 is 0 Å². The van der Waals surface area contributed by atoms with Gasteiger partial charge in [0.15, 0.2) is 0 Å². The first-order chi connectivity index (χ1) is 7.87. The molecular weight excluding hydrogens is 216 g/mol. The van der Waals surface area contributed by atoms with Crippen molar-refractivity contribution >= 4 is 6.09 Å². The van der Waals surface area contributed by atoms with Crippen molar-refractivity contribution in [2.45, 2.75) is 32.3 Å². The number of carbonyl (C=O) groups excluding carboxylic acids is 1. The summed E-state index contributed by atoms with van der Waals surface area (Å²) in [6, 6.07) is 4.14. The molecule has 0 aromatic carbocycles. The minimum atomic E-state index is -0.410. The zero-order chi connectivity index (χ0) is 12.6. The summed E-state index contributed by atoms with van der Waals surface area (Å²) in [4.78, 5) is 13.5. The first-order valence-corrected chi connectivity index (χ1v) is 5.96. The molecule has 1 aliphatic heterocycles. The van der Waals surface area contributed by atoms with Gasteiger partial charge in [0.1, 0.15) is 5.60 Å². The lowest BCUT2D eigenvalue weighted by atomic mass is 9.97. The molecule has 0 aliphatic carbocycles. The lowest BCUT2D eigenvalue weighted by molar-refractivity contribution is 0.00765. The van der Waals surface area contributed by atoms with E-state index in [0.29, 0.717) is 5.92 Å². The van der Waals surface area contributed by atoms with E-state index in [9.17, 15) is 4.79 Å². The van der Waals surface area contributed by atoms with Crippen molar-refractivity contribution in [1.82, 2.24) is 9.47 Å². The Kier molecular flexibility index (Phi) is 2.89. The molecule has 0 N–H and O–H groups in total. The van der Waals surface area contributed by atoms with Crippen molar-refractivity contribution in [3.8, 4) is 0 Å². The first kappa shape index (κ1) is 12.0. The summed E-state index contributed by atoms with van der Waals surface area (Å²) in [5.41, 5.74) is 0.873. The first-order valence-electron chi connectivity index (χ1n) is 5.96. The van der Waals surface area contributed by atoms with E-state index in [4.69, 9.17) is 4.74 Å². The number of hydrogen-bond donors (Lipinski definition) is 0. The summed E-state index contributed by atoms with van der Waals surface area (Å²) in [7, 11) is 2.03. The number of nitrogens with zero attached hydrogens (tertiary/aromatic N) is 2. The zero-order valence-corrected chi connectivity index (χ0v) is 10.9. The van der Waals surface area contributed by atoms with Gasteiger partial charge in [0, 0.05) is 37.9 Å². The van der Waals surface area contributed by atoms with Crippen molar-refractivity contribution in [2.75, 3.05) is 13.1 Å². The third kappa shape index (κ3) is 2.62. The Morgan fingerprint density at radius 3 is 2.53 bits per heavy atom. The normalized spacial score (nSPS) is 16.8. The van der Waals surface area contributed by atoms with E-state index < -0.39 is 5.60 Å². The van der Waals surface area contributed by atoms with Crippen LogP contribution in [-0.4, -0.2) is 34.3 Å². The Morgan fingerprint density at radius 1 is 1.41 bits per heavy atom. The second-order valence-electron chi connectivity index (χ2n) is 5.63. The van der Waals surface area contributed by atoms with Crippen LogP contribution in [0, 0.1) is 0 Å². The van der Waals surface area contributed by atoms with Crippen LogP contribution in [0.1, 0.15) is 32.4 Å². The number of ether oxygens (including phenoxy) is 1. The van der Waals surface area contributed by atoms with Gasteiger partial charge in [-0.1, -0.05) is 0 Å². The molecule has 0 atom stereocenters. The fourth-order valence-electron chi connectivity index (χ4n) is 2.04. The minimum Gasteiger partial charge on any atom is -0.444 e. The molecule has 1 aromatic rings. The summed E-state index contributed by atoms with van der Waals surface area (Å²) < 4.78 is 7.43. The summed E-state index contributed by atoms with van der Waals surface area (Å²) in [6.07, 6.45) is 1.83. The highest BCUT2D eigenvalue weighted by Gasteiger charge is 2.35. The monoisotopic (exact) mass is 236 g/mol. The molecule has 94 valence electrons. The average molecular weight is 236 g/mol. The van der Waals surface area contributed by atoms with E-state index in [1.165, 1.54) is 5.69 Å². The van der Waals surface area contributed by atoms with E-state index in [-0.39, 0.29) is 6.09 Å². The molecule has 0 saturated carbocycles. The molecule has 0 bridgehead atoms. The number of aryl methyl sites for hydroxylation is 1. The van der Waals surface area contributed by atoms with Crippen LogP contribution in [0.3, 0.4) is 0 Å². The Hall–Kier alpha value is -1.45. The summed E-state index contributed by atoms with van der Waals surface area (Å²) in [5.74, 6) is 0.447. The van der Waals surface area contributed by atoms with Gasteiger partial charge in [0.25, 0.3) is 0 Å². The topological polar surface area (TPSA) is 34.5 Å². The number of likely N-dealkylation sites (tertiary alicyclic amines) is 1. The molecule has 0 spiro atoms. The largest absolute Gasteiger partial charge is 0.444 e. The van der Waals surface area contributed by atoms with Crippen LogP contribution in [0.2, 0.25) is 0 Å². The molecule has 17 heavy (non-hydrogen) atoms. The van der Waals surface area contributed by atoms with Gasteiger partial charge < -0.3 is 14.2 Å². The third-order valence-corrected chi connectivity index (χ3v) is 2.94. The number of aromatic nitrogens is 1. The van der Waals surface area contributed by atoms with Gasteiger partial charge in [-0.2, -0.15) is 0 Å². The molecule has 2 heterocycles. The van der Waals surface area contributed by atoms with Crippen molar-refractivity contribution in [3.05, 3.63) is 24.0 Å². The van der Waals surface area contributed by atoms with Crippen molar-refractivity contribution in [1.29, 1.82) is 0 Å². The molecule has 1 saturated heterocycles. The second-order valence-corrected chi connectivity index (χ2v) is 5.63. The zero-order valence-electron chi connectivity index (χ0n) is 10.9. The SMILES string of the molecule is Cn1cccc1C1CN(C(=O)OC(C)(C)C)C1. The smallest absolute Gasteiger partial charge is 0.410 e. The molecule has 1 amide bonds. The lowest BCUT2D eigenvalue weighted by Gasteiger charge is -2.40. The maximum absolute atomic E-state index is 11.7. The van der Waals surface area contributed by atoms with Crippen molar-refractivity contribution in [3.63, 3.8) is 0 Å². The average Bonchev–Trinajstić information content (AvgIpc) is 2.46. The third-order valence-electron chi connectivity index (χ3n) is 2.94. The van der Waals surface area contributed by atoms with Gasteiger partial charge in [-0.05, 0) is 32.9 Å². The van der Waals surface area contributed by atoms with Crippen molar-refractivity contribution in [2.24, 2.45) is 7.05 Å². The summed E-state index contributed by atoms with van der Waals surface area (Å²) in [5, 5.41) is 0. The van der Waals surface area contributed by atoms with Gasteiger partial charge in [-0.25, -0.2) is 4.79 Å². The van der Waals surface area contributed by atoms with Crippen LogP contribution in [0.15, 0.2) is 18.3 Å². The molecule has 1 aromatic heterocycles.